The van der Waals surface area contributed by atoms with Gasteiger partial charge in [0.25, 0.3) is 5.69 Å². The number of rotatable bonds is 4. The van der Waals surface area contributed by atoms with Crippen molar-refractivity contribution in [2.75, 3.05) is 0 Å². The van der Waals surface area contributed by atoms with Crippen molar-refractivity contribution in [3.63, 3.8) is 0 Å². The summed E-state index contributed by atoms with van der Waals surface area (Å²) in [5.74, 6) is -1.22. The average Bonchev–Trinajstić information content (AvgIpc) is 2.81. The van der Waals surface area contributed by atoms with Gasteiger partial charge in [-0.15, -0.1) is 0 Å². The molecule has 7 nitrogen and oxygen atoms in total. The van der Waals surface area contributed by atoms with Crippen molar-refractivity contribution in [3.8, 4) is 0 Å². The van der Waals surface area contributed by atoms with Crippen LogP contribution in [0, 0.1) is 10.1 Å². The lowest BCUT2D eigenvalue weighted by Gasteiger charge is -2.04. The molecule has 0 amide bonds. The van der Waals surface area contributed by atoms with Crippen molar-refractivity contribution < 1.29 is 14.8 Å². The van der Waals surface area contributed by atoms with E-state index in [9.17, 15) is 14.9 Å². The highest BCUT2D eigenvalue weighted by molar-refractivity contribution is 7.99. The number of H-pyrrole nitrogens is 1. The van der Waals surface area contributed by atoms with Crippen molar-refractivity contribution in [2.45, 2.75) is 10.1 Å². The Morgan fingerprint density at radius 1 is 1.50 bits per heavy atom. The summed E-state index contributed by atoms with van der Waals surface area (Å²) in [5.41, 5.74) is -0.373. The van der Waals surface area contributed by atoms with Gasteiger partial charge in [-0.2, -0.15) is 0 Å². The molecule has 0 unspecified atom stereocenters. The van der Waals surface area contributed by atoms with Crippen LogP contribution in [0.4, 0.5) is 5.69 Å². The molecule has 0 radical (unpaired) electrons. The summed E-state index contributed by atoms with van der Waals surface area (Å²) >= 11 is 0.915. The number of nitrogens with zero attached hydrogens (tertiary/aromatic N) is 2. The fourth-order valence-electron chi connectivity index (χ4n) is 1.35. The van der Waals surface area contributed by atoms with Gasteiger partial charge in [-0.25, -0.2) is 9.78 Å². The van der Waals surface area contributed by atoms with Gasteiger partial charge in [0, 0.05) is 18.5 Å². The largest absolute Gasteiger partial charge is 0.478 e. The molecule has 2 rings (SSSR count). The van der Waals surface area contributed by atoms with Gasteiger partial charge in [-0.05, 0) is 17.8 Å². The summed E-state index contributed by atoms with van der Waals surface area (Å²) in [6, 6.07) is 3.92. The van der Waals surface area contributed by atoms with Crippen LogP contribution < -0.4 is 0 Å². The Morgan fingerprint density at radius 2 is 2.28 bits per heavy atom. The highest BCUT2D eigenvalue weighted by Gasteiger charge is 2.22. The van der Waals surface area contributed by atoms with E-state index in [0.717, 1.165) is 11.8 Å². The topological polar surface area (TPSA) is 109 Å². The van der Waals surface area contributed by atoms with E-state index in [4.69, 9.17) is 5.11 Å². The van der Waals surface area contributed by atoms with Gasteiger partial charge in [-0.3, -0.25) is 10.1 Å². The summed E-state index contributed by atoms with van der Waals surface area (Å²) in [4.78, 5) is 28.1. The Labute approximate surface area is 105 Å². The Hall–Kier alpha value is -2.35. The zero-order chi connectivity index (χ0) is 13.1. The smallest absolute Gasteiger partial charge is 0.337 e. The fraction of sp³-hybridized carbons (Fsp3) is 0. The predicted octanol–water partition coefficient (Wildman–Crippen LogP) is 2.17. The third-order valence-corrected chi connectivity index (χ3v) is 3.14. The number of hydrogen-bond donors (Lipinski definition) is 2. The number of nitrogens with one attached hydrogen (secondary N) is 1. The molecule has 8 heteroatoms. The van der Waals surface area contributed by atoms with E-state index in [1.54, 1.807) is 6.20 Å². The molecule has 0 saturated heterocycles. The van der Waals surface area contributed by atoms with E-state index in [2.05, 4.69) is 9.97 Å². The van der Waals surface area contributed by atoms with Crippen LogP contribution in [0.2, 0.25) is 0 Å². The Kier molecular flexibility index (Phi) is 3.28. The molecule has 1 aromatic carbocycles. The van der Waals surface area contributed by atoms with Crippen LogP contribution in [0.3, 0.4) is 0 Å². The number of carboxylic acid groups (broad SMARTS) is 1. The highest BCUT2D eigenvalue weighted by atomic mass is 32.2. The summed E-state index contributed by atoms with van der Waals surface area (Å²) in [6.45, 7) is 0. The summed E-state index contributed by atoms with van der Waals surface area (Å²) < 4.78 is 0. The molecular weight excluding hydrogens is 258 g/mol. The van der Waals surface area contributed by atoms with Crippen LogP contribution in [0.25, 0.3) is 0 Å². The van der Waals surface area contributed by atoms with E-state index >= 15 is 0 Å². The Morgan fingerprint density at radius 3 is 2.83 bits per heavy atom. The van der Waals surface area contributed by atoms with Gasteiger partial charge in [0.05, 0.1) is 10.5 Å². The van der Waals surface area contributed by atoms with E-state index in [1.807, 2.05) is 0 Å². The second-order valence-corrected chi connectivity index (χ2v) is 4.21. The van der Waals surface area contributed by atoms with Gasteiger partial charge in [0.15, 0.2) is 5.16 Å². The van der Waals surface area contributed by atoms with Crippen molar-refractivity contribution in [1.82, 2.24) is 9.97 Å². The van der Waals surface area contributed by atoms with Crippen LogP contribution >= 0.6 is 11.8 Å². The van der Waals surface area contributed by atoms with E-state index < -0.39 is 10.9 Å². The van der Waals surface area contributed by atoms with Crippen LogP contribution in [0.1, 0.15) is 10.4 Å². The molecule has 92 valence electrons. The molecule has 0 bridgehead atoms. The molecule has 0 aliphatic carbocycles. The first-order valence-electron chi connectivity index (χ1n) is 4.77. The normalized spacial score (nSPS) is 10.2. The van der Waals surface area contributed by atoms with Gasteiger partial charge in [0.2, 0.25) is 0 Å². The number of hydrogen-bond acceptors (Lipinski definition) is 5. The Bertz CT molecular complexity index is 565. The maximum absolute atomic E-state index is 11.1. The number of aromatic amines is 1. The number of carboxylic acids is 1. The van der Waals surface area contributed by atoms with Crippen LogP contribution in [-0.2, 0) is 0 Å². The molecule has 0 saturated carbocycles. The van der Waals surface area contributed by atoms with E-state index in [-0.39, 0.29) is 16.1 Å². The van der Waals surface area contributed by atoms with Crippen LogP contribution in [-0.4, -0.2) is 26.0 Å². The van der Waals surface area contributed by atoms with Crippen molar-refractivity contribution >= 4 is 23.4 Å². The lowest BCUT2D eigenvalue weighted by molar-refractivity contribution is -0.387. The number of imidazole rings is 1. The maximum Gasteiger partial charge on any atom is 0.337 e. The summed E-state index contributed by atoms with van der Waals surface area (Å²) in [7, 11) is 0. The van der Waals surface area contributed by atoms with Gasteiger partial charge in [0.1, 0.15) is 4.90 Å². The second kappa shape index (κ2) is 4.88. The molecule has 0 atom stereocenters. The first kappa shape index (κ1) is 12.1. The lowest BCUT2D eigenvalue weighted by atomic mass is 10.2. The molecule has 0 aliphatic heterocycles. The summed E-state index contributed by atoms with van der Waals surface area (Å²) in [5, 5.41) is 20.3. The number of nitro benzene ring substituents is 1. The Balaban J connectivity index is 2.53. The molecule has 0 spiro atoms. The number of carbonyl (C=O) groups is 1. The average molecular weight is 265 g/mol. The standard InChI is InChI=1S/C10H7N3O4S/c14-9(15)6-2-1-3-7(13(16)17)8(6)18-10-11-4-5-12-10/h1-5H,(H,11,12)(H,14,15). The minimum absolute atomic E-state index is 0.0601. The lowest BCUT2D eigenvalue weighted by Crippen LogP contribution is -2.02. The van der Waals surface area contributed by atoms with Gasteiger partial charge >= 0.3 is 5.97 Å². The molecule has 1 heterocycles. The van der Waals surface area contributed by atoms with Crippen molar-refractivity contribution in [2.24, 2.45) is 0 Å². The van der Waals surface area contributed by atoms with Crippen molar-refractivity contribution in [3.05, 3.63) is 46.3 Å². The first-order valence-corrected chi connectivity index (χ1v) is 5.59. The van der Waals surface area contributed by atoms with Crippen LogP contribution in [0.5, 0.6) is 0 Å². The molecular formula is C10H7N3O4S. The number of nitro groups is 1. The molecule has 1 aromatic heterocycles. The fourth-order valence-corrected chi connectivity index (χ4v) is 2.29. The minimum Gasteiger partial charge on any atom is -0.478 e. The summed E-state index contributed by atoms with van der Waals surface area (Å²) in [6.07, 6.45) is 3.04. The van der Waals surface area contributed by atoms with E-state index in [1.165, 1.54) is 24.4 Å². The SMILES string of the molecule is O=C(O)c1cccc([N+](=O)[O-])c1Sc1ncc[nH]1. The zero-order valence-electron chi connectivity index (χ0n) is 8.86. The molecule has 2 aromatic rings. The first-order chi connectivity index (χ1) is 8.59. The van der Waals surface area contributed by atoms with Crippen molar-refractivity contribution in [1.29, 1.82) is 0 Å². The number of aromatic nitrogens is 2. The van der Waals surface area contributed by atoms with E-state index in [0.29, 0.717) is 5.16 Å². The number of benzene rings is 1. The molecule has 0 fully saturated rings. The van der Waals surface area contributed by atoms with Crippen LogP contribution in [0.15, 0.2) is 40.6 Å². The zero-order valence-corrected chi connectivity index (χ0v) is 9.68. The molecule has 0 aliphatic rings. The third-order valence-electron chi connectivity index (χ3n) is 2.09. The molecule has 2 N–H and O–H groups in total. The predicted molar refractivity (Wildman–Crippen MR) is 62.8 cm³/mol. The quantitative estimate of drug-likeness (QED) is 0.647. The maximum atomic E-state index is 11.1. The monoisotopic (exact) mass is 265 g/mol. The third kappa shape index (κ3) is 2.33. The molecule has 18 heavy (non-hydrogen) atoms. The highest BCUT2D eigenvalue weighted by Crippen LogP contribution is 2.35. The second-order valence-electron chi connectivity index (χ2n) is 3.21. The minimum atomic E-state index is -1.22. The van der Waals surface area contributed by atoms with Gasteiger partial charge in [-0.1, -0.05) is 6.07 Å². The number of aromatic carboxylic acids is 1. The van der Waals surface area contributed by atoms with Gasteiger partial charge < -0.3 is 10.1 Å².